The number of rotatable bonds is 4. The summed E-state index contributed by atoms with van der Waals surface area (Å²) in [6.45, 7) is 7.87. The second kappa shape index (κ2) is 6.18. The lowest BCUT2D eigenvalue weighted by atomic mass is 9.76. The molecule has 1 heterocycles. The normalized spacial score (nSPS) is 26.1. The Morgan fingerprint density at radius 1 is 1.57 bits per heavy atom. The Hall–Kier alpha value is -1.36. The molecule has 0 saturated heterocycles. The maximum absolute atomic E-state index is 12.7. The van der Waals surface area contributed by atoms with E-state index in [1.54, 1.807) is 6.92 Å². The van der Waals surface area contributed by atoms with Crippen molar-refractivity contribution in [3.63, 3.8) is 0 Å². The van der Waals surface area contributed by atoms with E-state index in [-0.39, 0.29) is 18.4 Å². The minimum atomic E-state index is -0.507. The van der Waals surface area contributed by atoms with Gasteiger partial charge in [0, 0.05) is 5.92 Å². The molecule has 21 heavy (non-hydrogen) atoms. The second-order valence-electron chi connectivity index (χ2n) is 6.76. The molecule has 1 aliphatic carbocycles. The largest absolute Gasteiger partial charge is 0.394 e. The number of nitrogens with one attached hydrogen (secondary N) is 1. The average Bonchev–Trinajstić information content (AvgIpc) is 2.81. The van der Waals surface area contributed by atoms with Gasteiger partial charge in [0.15, 0.2) is 5.76 Å². The molecule has 0 radical (unpaired) electrons. The van der Waals surface area contributed by atoms with Crippen molar-refractivity contribution in [2.45, 2.75) is 64.8 Å². The quantitative estimate of drug-likeness (QED) is 0.895. The number of hydrogen-bond acceptors (Lipinski definition) is 4. The van der Waals surface area contributed by atoms with Gasteiger partial charge in [-0.3, -0.25) is 4.79 Å². The number of aliphatic hydroxyl groups is 1. The van der Waals surface area contributed by atoms with Gasteiger partial charge in [-0.1, -0.05) is 38.8 Å². The summed E-state index contributed by atoms with van der Waals surface area (Å²) in [4.78, 5) is 12.7. The van der Waals surface area contributed by atoms with Crippen molar-refractivity contribution in [3.8, 4) is 0 Å². The van der Waals surface area contributed by atoms with Gasteiger partial charge < -0.3 is 14.9 Å². The Morgan fingerprint density at radius 3 is 2.86 bits per heavy atom. The van der Waals surface area contributed by atoms with Gasteiger partial charge >= 0.3 is 0 Å². The SMILES string of the molecule is Cc1noc(C(C)C)c1C(=O)NC1(CO)CCCC(C)C1. The third kappa shape index (κ3) is 3.28. The van der Waals surface area contributed by atoms with E-state index < -0.39 is 5.54 Å². The number of aryl methyl sites for hydroxylation is 1. The van der Waals surface area contributed by atoms with Crippen molar-refractivity contribution in [1.82, 2.24) is 10.5 Å². The van der Waals surface area contributed by atoms with E-state index in [1.165, 1.54) is 0 Å². The fourth-order valence-corrected chi connectivity index (χ4v) is 3.32. The first-order chi connectivity index (χ1) is 9.88. The topological polar surface area (TPSA) is 75.4 Å². The summed E-state index contributed by atoms with van der Waals surface area (Å²) in [5.41, 5.74) is 0.622. The van der Waals surface area contributed by atoms with Gasteiger partial charge in [-0.05, 0) is 25.7 Å². The van der Waals surface area contributed by atoms with Crippen LogP contribution >= 0.6 is 0 Å². The lowest BCUT2D eigenvalue weighted by molar-refractivity contribution is 0.0694. The van der Waals surface area contributed by atoms with Gasteiger partial charge in [-0.15, -0.1) is 0 Å². The van der Waals surface area contributed by atoms with Crippen LogP contribution < -0.4 is 5.32 Å². The first-order valence-electron chi connectivity index (χ1n) is 7.78. The van der Waals surface area contributed by atoms with Crippen LogP contribution in [0.5, 0.6) is 0 Å². The number of hydrogen-bond donors (Lipinski definition) is 2. The van der Waals surface area contributed by atoms with Crippen LogP contribution in [0.25, 0.3) is 0 Å². The summed E-state index contributed by atoms with van der Waals surface area (Å²) in [7, 11) is 0. The highest BCUT2D eigenvalue weighted by molar-refractivity contribution is 5.96. The molecule has 2 atom stereocenters. The zero-order valence-electron chi connectivity index (χ0n) is 13.4. The molecule has 1 fully saturated rings. The van der Waals surface area contributed by atoms with E-state index in [1.807, 2.05) is 13.8 Å². The van der Waals surface area contributed by atoms with E-state index in [2.05, 4.69) is 17.4 Å². The maximum atomic E-state index is 12.7. The van der Waals surface area contributed by atoms with Crippen LogP contribution in [0.2, 0.25) is 0 Å². The van der Waals surface area contributed by atoms with Crippen molar-refractivity contribution >= 4 is 5.91 Å². The molecule has 1 aliphatic rings. The van der Waals surface area contributed by atoms with Crippen LogP contribution in [0.15, 0.2) is 4.52 Å². The van der Waals surface area contributed by atoms with E-state index in [0.29, 0.717) is 22.9 Å². The summed E-state index contributed by atoms with van der Waals surface area (Å²) >= 11 is 0. The van der Waals surface area contributed by atoms with E-state index in [9.17, 15) is 9.90 Å². The molecule has 5 heteroatoms. The molecule has 1 aromatic heterocycles. The van der Waals surface area contributed by atoms with Crippen molar-refractivity contribution in [2.75, 3.05) is 6.61 Å². The highest BCUT2D eigenvalue weighted by Gasteiger charge is 2.37. The number of amides is 1. The molecule has 0 bridgehead atoms. The van der Waals surface area contributed by atoms with E-state index in [4.69, 9.17) is 4.52 Å². The van der Waals surface area contributed by atoms with Crippen LogP contribution in [0.4, 0.5) is 0 Å². The summed E-state index contributed by atoms with van der Waals surface area (Å²) < 4.78 is 5.28. The molecular formula is C16H26N2O3. The van der Waals surface area contributed by atoms with Gasteiger partial charge in [-0.2, -0.15) is 0 Å². The van der Waals surface area contributed by atoms with Gasteiger partial charge in [0.25, 0.3) is 5.91 Å². The van der Waals surface area contributed by atoms with E-state index in [0.717, 1.165) is 25.7 Å². The zero-order valence-corrected chi connectivity index (χ0v) is 13.4. The molecule has 2 unspecified atom stereocenters. The van der Waals surface area contributed by atoms with Crippen molar-refractivity contribution in [2.24, 2.45) is 5.92 Å². The molecule has 2 N–H and O–H groups in total. The number of carbonyl (C=O) groups excluding carboxylic acids is 1. The average molecular weight is 294 g/mol. The van der Waals surface area contributed by atoms with Crippen LogP contribution in [0, 0.1) is 12.8 Å². The third-order valence-corrected chi connectivity index (χ3v) is 4.41. The van der Waals surface area contributed by atoms with Gasteiger partial charge in [-0.25, -0.2) is 0 Å². The minimum Gasteiger partial charge on any atom is -0.394 e. The fourth-order valence-electron chi connectivity index (χ4n) is 3.32. The van der Waals surface area contributed by atoms with Gasteiger partial charge in [0.2, 0.25) is 0 Å². The highest BCUT2D eigenvalue weighted by Crippen LogP contribution is 2.33. The zero-order chi connectivity index (χ0) is 15.6. The highest BCUT2D eigenvalue weighted by atomic mass is 16.5. The predicted octanol–water partition coefficient (Wildman–Crippen LogP) is 2.78. The Balaban J connectivity index is 2.22. The Morgan fingerprint density at radius 2 is 2.29 bits per heavy atom. The molecule has 5 nitrogen and oxygen atoms in total. The molecule has 0 spiro atoms. The number of aromatic nitrogens is 1. The van der Waals surface area contributed by atoms with Gasteiger partial charge in [0.1, 0.15) is 5.56 Å². The second-order valence-corrected chi connectivity index (χ2v) is 6.76. The minimum absolute atomic E-state index is 0.0234. The predicted molar refractivity (Wildman–Crippen MR) is 80.2 cm³/mol. The Labute approximate surface area is 126 Å². The molecular weight excluding hydrogens is 268 g/mol. The van der Waals surface area contributed by atoms with Crippen molar-refractivity contribution in [3.05, 3.63) is 17.0 Å². The summed E-state index contributed by atoms with van der Waals surface area (Å²) in [5, 5.41) is 16.8. The monoisotopic (exact) mass is 294 g/mol. The third-order valence-electron chi connectivity index (χ3n) is 4.41. The Bertz CT molecular complexity index is 510. The first kappa shape index (κ1) is 16.0. The van der Waals surface area contributed by atoms with Crippen molar-refractivity contribution in [1.29, 1.82) is 0 Å². The summed E-state index contributed by atoms with van der Waals surface area (Å²) in [6, 6.07) is 0. The molecule has 118 valence electrons. The Kier molecular flexibility index (Phi) is 4.71. The standard InChI is InChI=1S/C16H26N2O3/c1-10(2)14-13(12(4)18-21-14)15(20)17-16(9-19)7-5-6-11(3)8-16/h10-11,19H,5-9H2,1-4H3,(H,17,20). The van der Waals surface area contributed by atoms with Crippen LogP contribution in [-0.2, 0) is 0 Å². The number of aliphatic hydroxyl groups excluding tert-OH is 1. The molecule has 1 saturated carbocycles. The lowest BCUT2D eigenvalue weighted by Gasteiger charge is -2.39. The number of nitrogens with zero attached hydrogens (tertiary/aromatic N) is 1. The molecule has 2 rings (SSSR count). The van der Waals surface area contributed by atoms with Crippen molar-refractivity contribution < 1.29 is 14.4 Å². The van der Waals surface area contributed by atoms with Crippen LogP contribution in [0.3, 0.4) is 0 Å². The first-order valence-corrected chi connectivity index (χ1v) is 7.78. The molecule has 0 aliphatic heterocycles. The molecule has 1 amide bonds. The van der Waals surface area contributed by atoms with Gasteiger partial charge in [0.05, 0.1) is 17.8 Å². The summed E-state index contributed by atoms with van der Waals surface area (Å²) in [6.07, 6.45) is 3.82. The van der Waals surface area contributed by atoms with E-state index >= 15 is 0 Å². The number of carbonyl (C=O) groups is 1. The van der Waals surface area contributed by atoms with Crippen LogP contribution in [-0.4, -0.2) is 28.3 Å². The fraction of sp³-hybridized carbons (Fsp3) is 0.750. The lowest BCUT2D eigenvalue weighted by Crippen LogP contribution is -2.54. The maximum Gasteiger partial charge on any atom is 0.257 e. The summed E-state index contributed by atoms with van der Waals surface area (Å²) in [5.74, 6) is 1.05. The molecule has 0 aromatic carbocycles. The smallest absolute Gasteiger partial charge is 0.257 e. The molecule has 1 aromatic rings. The van der Waals surface area contributed by atoms with Crippen LogP contribution in [0.1, 0.15) is 74.2 Å².